The number of anilines is 1. The molecule has 0 unspecified atom stereocenters. The lowest BCUT2D eigenvalue weighted by atomic mass is 10.0. The second kappa shape index (κ2) is 8.08. The number of imidazole rings is 2. The number of aromatic nitrogens is 5. The number of hydrogen-bond acceptors (Lipinski definition) is 5. The van der Waals surface area contributed by atoms with E-state index in [9.17, 15) is 22.4 Å². The van der Waals surface area contributed by atoms with Gasteiger partial charge in [0, 0.05) is 24.4 Å². The van der Waals surface area contributed by atoms with Gasteiger partial charge in [-0.15, -0.1) is 0 Å². The second-order valence-electron chi connectivity index (χ2n) is 7.88. The van der Waals surface area contributed by atoms with Gasteiger partial charge in [0.25, 0.3) is 5.91 Å². The van der Waals surface area contributed by atoms with Crippen LogP contribution in [0.15, 0.2) is 55.0 Å². The molecule has 0 atom stereocenters. The number of nitrogen functional groups attached to an aromatic ring is 1. The number of benzene rings is 2. The van der Waals surface area contributed by atoms with E-state index in [1.54, 1.807) is 23.8 Å². The van der Waals surface area contributed by atoms with E-state index in [1.807, 2.05) is 17.7 Å². The first-order valence-corrected chi connectivity index (χ1v) is 10.3. The number of aryl methyl sites for hydroxylation is 1. The van der Waals surface area contributed by atoms with Crippen molar-refractivity contribution in [3.8, 4) is 22.5 Å². The fourth-order valence-electron chi connectivity index (χ4n) is 3.81. The lowest BCUT2D eigenvalue weighted by Gasteiger charge is -2.14. The molecule has 8 nitrogen and oxygen atoms in total. The van der Waals surface area contributed by atoms with Gasteiger partial charge in [-0.25, -0.2) is 19.3 Å². The highest BCUT2D eigenvalue weighted by atomic mass is 19.4. The highest BCUT2D eigenvalue weighted by molar-refractivity contribution is 5.95. The van der Waals surface area contributed by atoms with Crippen molar-refractivity contribution in [3.63, 3.8) is 0 Å². The van der Waals surface area contributed by atoms with Crippen LogP contribution >= 0.6 is 0 Å². The zero-order valence-corrected chi connectivity index (χ0v) is 18.1. The van der Waals surface area contributed by atoms with Crippen LogP contribution in [0.5, 0.6) is 0 Å². The van der Waals surface area contributed by atoms with Crippen LogP contribution in [0.1, 0.15) is 10.5 Å². The minimum absolute atomic E-state index is 0.0513. The molecule has 0 spiro atoms. The van der Waals surface area contributed by atoms with Gasteiger partial charge in [-0.05, 0) is 36.4 Å². The minimum Gasteiger partial charge on any atom is -0.381 e. The van der Waals surface area contributed by atoms with Crippen molar-refractivity contribution in [2.75, 3.05) is 12.3 Å². The third kappa shape index (κ3) is 4.14. The molecule has 3 N–H and O–H groups in total. The smallest absolute Gasteiger partial charge is 0.381 e. The van der Waals surface area contributed by atoms with E-state index in [-0.39, 0.29) is 17.2 Å². The topological polar surface area (TPSA) is 103 Å². The Balaban J connectivity index is 1.74. The number of nitrogens with one attached hydrogen (secondary N) is 1. The molecular weight excluding hydrogens is 466 g/mol. The maximum absolute atomic E-state index is 13.6. The molecule has 0 aliphatic heterocycles. The first-order valence-electron chi connectivity index (χ1n) is 10.3. The van der Waals surface area contributed by atoms with Crippen LogP contribution in [0.3, 0.4) is 0 Å². The van der Waals surface area contributed by atoms with Crippen molar-refractivity contribution in [2.45, 2.75) is 6.18 Å². The third-order valence-corrected chi connectivity index (χ3v) is 5.43. The minimum atomic E-state index is -4.57. The average Bonchev–Trinajstić information content (AvgIpc) is 3.42. The Labute approximate surface area is 195 Å². The summed E-state index contributed by atoms with van der Waals surface area (Å²) in [6.45, 7) is -1.50. The summed E-state index contributed by atoms with van der Waals surface area (Å²) in [5.74, 6) is -1.50. The van der Waals surface area contributed by atoms with Crippen molar-refractivity contribution in [1.29, 1.82) is 0 Å². The Morgan fingerprint density at radius 2 is 1.80 bits per heavy atom. The van der Waals surface area contributed by atoms with E-state index in [2.05, 4.69) is 15.0 Å². The Morgan fingerprint density at radius 1 is 1.09 bits per heavy atom. The van der Waals surface area contributed by atoms with Crippen LogP contribution in [-0.2, 0) is 7.05 Å². The molecule has 3 heterocycles. The number of alkyl halides is 3. The standard InChI is InChI=1S/C23H17F4N7O/c1-33-11-30-15-7-4-13(8-17(15)33)19-18(12-2-5-14(24)6-3-12)32-20(28)21-31-16(9-34(19)21)22(35)29-10-23(25,26)27/h2-9,11H,10H2,1H3,(H2,28,32)(H,29,35). The fraction of sp³-hybridized carbons (Fsp3) is 0.130. The number of amides is 1. The summed E-state index contributed by atoms with van der Waals surface area (Å²) in [5.41, 5.74) is 9.54. The first kappa shape index (κ1) is 22.3. The highest BCUT2D eigenvalue weighted by Crippen LogP contribution is 2.35. The van der Waals surface area contributed by atoms with Crippen molar-refractivity contribution in [2.24, 2.45) is 7.05 Å². The molecule has 2 aromatic carbocycles. The van der Waals surface area contributed by atoms with E-state index in [1.165, 1.54) is 34.9 Å². The van der Waals surface area contributed by atoms with Gasteiger partial charge in [0.2, 0.25) is 0 Å². The summed E-state index contributed by atoms with van der Waals surface area (Å²) < 4.78 is 54.7. The molecule has 0 saturated carbocycles. The quantitative estimate of drug-likeness (QED) is 0.377. The molecule has 0 bridgehead atoms. The molecule has 1 amide bonds. The molecule has 0 radical (unpaired) electrons. The van der Waals surface area contributed by atoms with Crippen molar-refractivity contribution < 1.29 is 22.4 Å². The molecule has 178 valence electrons. The predicted octanol–water partition coefficient (Wildman–Crippen LogP) is 3.96. The van der Waals surface area contributed by atoms with Crippen LogP contribution in [0.25, 0.3) is 39.2 Å². The Morgan fingerprint density at radius 3 is 2.51 bits per heavy atom. The van der Waals surface area contributed by atoms with Crippen LogP contribution < -0.4 is 11.1 Å². The van der Waals surface area contributed by atoms with Gasteiger partial charge < -0.3 is 15.6 Å². The van der Waals surface area contributed by atoms with Gasteiger partial charge in [-0.2, -0.15) is 13.2 Å². The lowest BCUT2D eigenvalue weighted by molar-refractivity contribution is -0.123. The number of nitrogens with zero attached hydrogens (tertiary/aromatic N) is 5. The monoisotopic (exact) mass is 483 g/mol. The maximum atomic E-state index is 13.6. The molecule has 35 heavy (non-hydrogen) atoms. The largest absolute Gasteiger partial charge is 0.405 e. The number of halogens is 4. The molecule has 0 aliphatic rings. The fourth-order valence-corrected chi connectivity index (χ4v) is 3.81. The Kier molecular flexibility index (Phi) is 5.15. The Bertz CT molecular complexity index is 1590. The van der Waals surface area contributed by atoms with Crippen LogP contribution in [0.4, 0.5) is 23.4 Å². The highest BCUT2D eigenvalue weighted by Gasteiger charge is 2.29. The van der Waals surface area contributed by atoms with E-state index < -0.39 is 24.4 Å². The molecule has 5 rings (SSSR count). The van der Waals surface area contributed by atoms with Gasteiger partial charge in [-0.3, -0.25) is 9.20 Å². The van der Waals surface area contributed by atoms with Gasteiger partial charge >= 0.3 is 6.18 Å². The van der Waals surface area contributed by atoms with Gasteiger partial charge in [0.1, 0.15) is 18.1 Å². The molecule has 0 fully saturated rings. The summed E-state index contributed by atoms with van der Waals surface area (Å²) in [5, 5.41) is 1.81. The van der Waals surface area contributed by atoms with Crippen LogP contribution in [-0.4, -0.2) is 42.5 Å². The third-order valence-electron chi connectivity index (χ3n) is 5.43. The number of carbonyl (C=O) groups is 1. The zero-order chi connectivity index (χ0) is 24.9. The second-order valence-corrected chi connectivity index (χ2v) is 7.88. The summed E-state index contributed by atoms with van der Waals surface area (Å²) in [6.07, 6.45) is -1.61. The van der Waals surface area contributed by atoms with Crippen molar-refractivity contribution in [1.82, 2.24) is 29.2 Å². The van der Waals surface area contributed by atoms with E-state index in [4.69, 9.17) is 5.73 Å². The lowest BCUT2D eigenvalue weighted by Crippen LogP contribution is -2.33. The van der Waals surface area contributed by atoms with E-state index in [0.717, 1.165) is 11.0 Å². The summed E-state index contributed by atoms with van der Waals surface area (Å²) in [4.78, 5) is 25.3. The number of hydrogen-bond donors (Lipinski definition) is 2. The van der Waals surface area contributed by atoms with Gasteiger partial charge in [0.15, 0.2) is 11.5 Å². The first-order chi connectivity index (χ1) is 16.6. The number of carbonyl (C=O) groups excluding carboxylic acids is 1. The van der Waals surface area contributed by atoms with Gasteiger partial charge in [-0.1, -0.05) is 6.07 Å². The summed E-state index contributed by atoms with van der Waals surface area (Å²) >= 11 is 0. The van der Waals surface area contributed by atoms with Crippen molar-refractivity contribution in [3.05, 3.63) is 66.5 Å². The normalized spacial score (nSPS) is 11.9. The maximum Gasteiger partial charge on any atom is 0.405 e. The molecule has 0 aliphatic carbocycles. The predicted molar refractivity (Wildman–Crippen MR) is 121 cm³/mol. The molecule has 12 heteroatoms. The summed E-state index contributed by atoms with van der Waals surface area (Å²) in [6, 6.07) is 11.1. The zero-order valence-electron chi connectivity index (χ0n) is 18.1. The van der Waals surface area contributed by atoms with Crippen LogP contribution in [0.2, 0.25) is 0 Å². The Hall–Kier alpha value is -4.48. The SMILES string of the molecule is Cn1cnc2ccc(-c3c(-c4ccc(F)cc4)nc(N)c4nc(C(=O)NCC(F)(F)F)cn34)cc21. The van der Waals surface area contributed by atoms with Crippen LogP contribution in [0, 0.1) is 5.82 Å². The molecule has 5 aromatic rings. The van der Waals surface area contributed by atoms with Gasteiger partial charge in [0.05, 0.1) is 28.7 Å². The number of fused-ring (bicyclic) bond motifs is 2. The molecule has 0 saturated heterocycles. The van der Waals surface area contributed by atoms with Crippen molar-refractivity contribution >= 4 is 28.4 Å². The molecule has 3 aromatic heterocycles. The molecular formula is C23H17F4N7O. The number of rotatable bonds is 4. The number of nitrogens with two attached hydrogens (primary N) is 1. The summed E-state index contributed by atoms with van der Waals surface area (Å²) in [7, 11) is 1.83. The van der Waals surface area contributed by atoms with E-state index in [0.29, 0.717) is 22.5 Å². The average molecular weight is 483 g/mol. The van der Waals surface area contributed by atoms with E-state index >= 15 is 0 Å².